The molecule has 3 fully saturated rings. The maximum Gasteiger partial charge on any atom is 0.272 e. The summed E-state index contributed by atoms with van der Waals surface area (Å²) in [5.74, 6) is -0.334. The summed E-state index contributed by atoms with van der Waals surface area (Å²) in [6.45, 7) is 9.76. The Balaban J connectivity index is 1.40. The molecule has 0 aromatic carbocycles. The summed E-state index contributed by atoms with van der Waals surface area (Å²) in [7, 11) is 0. The van der Waals surface area contributed by atoms with Crippen molar-refractivity contribution in [2.45, 2.75) is 25.6 Å². The van der Waals surface area contributed by atoms with Crippen LogP contribution in [0.15, 0.2) is 18.3 Å². The summed E-state index contributed by atoms with van der Waals surface area (Å²) >= 11 is 0. The molecular weight excluding hydrogens is 332 g/mol. The van der Waals surface area contributed by atoms with Crippen LogP contribution in [0.3, 0.4) is 0 Å². The predicted molar refractivity (Wildman–Crippen MR) is 98.3 cm³/mol. The van der Waals surface area contributed by atoms with Crippen LogP contribution in [0.2, 0.25) is 0 Å². The smallest absolute Gasteiger partial charge is 0.272 e. The summed E-state index contributed by atoms with van der Waals surface area (Å²) in [5, 5.41) is 0. The van der Waals surface area contributed by atoms with Gasteiger partial charge >= 0.3 is 0 Å². The van der Waals surface area contributed by atoms with Crippen molar-refractivity contribution in [1.82, 2.24) is 14.8 Å². The maximum absolute atomic E-state index is 12.8. The van der Waals surface area contributed by atoms with Gasteiger partial charge in [0.15, 0.2) is 5.79 Å². The summed E-state index contributed by atoms with van der Waals surface area (Å²) in [6.07, 6.45) is 3.47. The predicted octanol–water partition coefficient (Wildman–Crippen LogP) is 1.20. The van der Waals surface area contributed by atoms with Gasteiger partial charge in [-0.1, -0.05) is 6.92 Å². The van der Waals surface area contributed by atoms with E-state index in [0.717, 1.165) is 64.3 Å². The Morgan fingerprint density at radius 2 is 1.81 bits per heavy atom. The zero-order valence-corrected chi connectivity index (χ0v) is 15.5. The second-order valence-corrected chi connectivity index (χ2v) is 7.22. The minimum atomic E-state index is -0.374. The molecule has 0 aliphatic carbocycles. The van der Waals surface area contributed by atoms with E-state index in [1.165, 1.54) is 0 Å². The molecule has 26 heavy (non-hydrogen) atoms. The number of anilines is 1. The average Bonchev–Trinajstić information content (AvgIpc) is 3.16. The first-order chi connectivity index (χ1) is 12.7. The van der Waals surface area contributed by atoms with E-state index >= 15 is 0 Å². The van der Waals surface area contributed by atoms with Gasteiger partial charge in [-0.05, 0) is 18.7 Å². The minimum absolute atomic E-state index is 0.0403. The number of carbonyl (C=O) groups is 1. The number of aromatic nitrogens is 1. The number of nitrogens with zero attached hydrogens (tertiary/aromatic N) is 4. The summed E-state index contributed by atoms with van der Waals surface area (Å²) in [5.41, 5.74) is 1.60. The molecule has 0 unspecified atom stereocenters. The van der Waals surface area contributed by atoms with Crippen LogP contribution in [0, 0.1) is 0 Å². The molecule has 1 spiro atoms. The molecule has 7 heteroatoms. The number of hydrogen-bond acceptors (Lipinski definition) is 6. The highest BCUT2D eigenvalue weighted by Gasteiger charge is 2.39. The van der Waals surface area contributed by atoms with Crippen LogP contribution >= 0.6 is 0 Å². The Labute approximate surface area is 154 Å². The highest BCUT2D eigenvalue weighted by molar-refractivity contribution is 5.93. The second-order valence-electron chi connectivity index (χ2n) is 7.22. The molecule has 1 aromatic heterocycles. The second kappa shape index (κ2) is 7.50. The van der Waals surface area contributed by atoms with E-state index < -0.39 is 0 Å². The molecule has 4 rings (SSSR count). The normalized spacial score (nSPS) is 23.6. The molecule has 0 radical (unpaired) electrons. The van der Waals surface area contributed by atoms with Gasteiger partial charge in [0.1, 0.15) is 5.69 Å². The molecule has 3 aliphatic heterocycles. The third-order valence-electron chi connectivity index (χ3n) is 5.77. The number of piperidine rings is 1. The first-order valence-corrected chi connectivity index (χ1v) is 9.70. The van der Waals surface area contributed by atoms with Gasteiger partial charge in [-0.25, -0.2) is 0 Å². The average molecular weight is 360 g/mol. The lowest BCUT2D eigenvalue weighted by Gasteiger charge is -2.38. The highest BCUT2D eigenvalue weighted by atomic mass is 16.7. The molecule has 142 valence electrons. The number of amides is 1. The topological polar surface area (TPSA) is 58.1 Å². The maximum atomic E-state index is 12.8. The van der Waals surface area contributed by atoms with Gasteiger partial charge in [-0.3, -0.25) is 9.78 Å². The zero-order valence-electron chi connectivity index (χ0n) is 15.5. The Hall–Kier alpha value is -1.70. The molecule has 0 bridgehead atoms. The molecule has 3 aliphatic rings. The Morgan fingerprint density at radius 1 is 1.12 bits per heavy atom. The number of pyridine rings is 1. The van der Waals surface area contributed by atoms with E-state index in [2.05, 4.69) is 21.7 Å². The standard InChI is InChI=1S/C19H28N4O3/c1-2-21-9-11-23(12-10-21)18(24)17-15-16(3-6-20-17)22-7-4-19(5-8-22)25-13-14-26-19/h3,6,15H,2,4-5,7-14H2,1H3. The van der Waals surface area contributed by atoms with E-state index in [1.54, 1.807) is 6.20 Å². The van der Waals surface area contributed by atoms with Crippen LogP contribution in [0.1, 0.15) is 30.3 Å². The van der Waals surface area contributed by atoms with E-state index in [9.17, 15) is 4.79 Å². The summed E-state index contributed by atoms with van der Waals surface area (Å²) in [6, 6.07) is 3.92. The van der Waals surface area contributed by atoms with Crippen molar-refractivity contribution in [1.29, 1.82) is 0 Å². The number of hydrogen-bond donors (Lipinski definition) is 0. The fraction of sp³-hybridized carbons (Fsp3) is 0.684. The van der Waals surface area contributed by atoms with Gasteiger partial charge in [0.25, 0.3) is 5.91 Å². The first-order valence-electron chi connectivity index (χ1n) is 9.70. The van der Waals surface area contributed by atoms with E-state index in [-0.39, 0.29) is 11.7 Å². The molecule has 4 heterocycles. The summed E-state index contributed by atoms with van der Waals surface area (Å²) < 4.78 is 11.6. The fourth-order valence-corrected chi connectivity index (χ4v) is 4.05. The number of rotatable bonds is 3. The van der Waals surface area contributed by atoms with Crippen molar-refractivity contribution in [3.8, 4) is 0 Å². The number of ether oxygens (including phenoxy) is 2. The number of piperazine rings is 1. The highest BCUT2D eigenvalue weighted by Crippen LogP contribution is 2.33. The molecule has 1 aromatic rings. The van der Waals surface area contributed by atoms with Gasteiger partial charge in [0.2, 0.25) is 0 Å². The van der Waals surface area contributed by atoms with E-state index in [1.807, 2.05) is 17.0 Å². The van der Waals surface area contributed by atoms with Crippen LogP contribution in [0.4, 0.5) is 5.69 Å². The number of carbonyl (C=O) groups excluding carboxylic acids is 1. The van der Waals surface area contributed by atoms with Gasteiger partial charge in [-0.2, -0.15) is 0 Å². The van der Waals surface area contributed by atoms with Crippen molar-refractivity contribution in [2.75, 3.05) is 63.9 Å². The SMILES string of the molecule is CCN1CCN(C(=O)c2cc(N3CCC4(CC3)OCCO4)ccn2)CC1. The monoisotopic (exact) mass is 360 g/mol. The van der Waals surface area contributed by atoms with E-state index in [4.69, 9.17) is 9.47 Å². The van der Waals surface area contributed by atoms with Crippen molar-refractivity contribution < 1.29 is 14.3 Å². The largest absolute Gasteiger partial charge is 0.371 e. The van der Waals surface area contributed by atoms with Crippen LogP contribution in [0.25, 0.3) is 0 Å². The van der Waals surface area contributed by atoms with Crippen LogP contribution < -0.4 is 4.90 Å². The van der Waals surface area contributed by atoms with Crippen LogP contribution in [-0.2, 0) is 9.47 Å². The number of likely N-dealkylation sites (N-methyl/N-ethyl adjacent to an activating group) is 1. The van der Waals surface area contributed by atoms with Crippen LogP contribution in [0.5, 0.6) is 0 Å². The minimum Gasteiger partial charge on any atom is -0.371 e. The van der Waals surface area contributed by atoms with Gasteiger partial charge in [0.05, 0.1) is 13.2 Å². The Morgan fingerprint density at radius 3 is 2.46 bits per heavy atom. The lowest BCUT2D eigenvalue weighted by molar-refractivity contribution is -0.169. The Kier molecular flexibility index (Phi) is 5.11. The molecule has 7 nitrogen and oxygen atoms in total. The molecule has 3 saturated heterocycles. The van der Waals surface area contributed by atoms with Gasteiger partial charge in [-0.15, -0.1) is 0 Å². The van der Waals surface area contributed by atoms with Crippen LogP contribution in [-0.4, -0.2) is 85.5 Å². The van der Waals surface area contributed by atoms with Gasteiger partial charge in [0, 0.05) is 64.0 Å². The molecule has 1 amide bonds. The van der Waals surface area contributed by atoms with E-state index in [0.29, 0.717) is 18.9 Å². The zero-order chi connectivity index (χ0) is 18.0. The summed E-state index contributed by atoms with van der Waals surface area (Å²) in [4.78, 5) is 23.7. The lowest BCUT2D eigenvalue weighted by atomic mass is 10.0. The quantitative estimate of drug-likeness (QED) is 0.807. The third-order valence-corrected chi connectivity index (χ3v) is 5.77. The van der Waals surface area contributed by atoms with Crippen molar-refractivity contribution in [3.05, 3.63) is 24.0 Å². The fourth-order valence-electron chi connectivity index (χ4n) is 4.05. The van der Waals surface area contributed by atoms with Crippen molar-refractivity contribution in [2.24, 2.45) is 0 Å². The molecule has 0 saturated carbocycles. The molecule has 0 atom stereocenters. The Bertz CT molecular complexity index is 629. The molecular formula is C19H28N4O3. The first kappa shape index (κ1) is 17.7. The van der Waals surface area contributed by atoms with Crippen molar-refractivity contribution in [3.63, 3.8) is 0 Å². The van der Waals surface area contributed by atoms with Gasteiger partial charge < -0.3 is 24.2 Å². The van der Waals surface area contributed by atoms with Crippen molar-refractivity contribution >= 4 is 11.6 Å². The molecule has 0 N–H and O–H groups in total. The lowest BCUT2D eigenvalue weighted by Crippen LogP contribution is -2.48. The third kappa shape index (κ3) is 3.56.